The van der Waals surface area contributed by atoms with Crippen molar-refractivity contribution in [3.63, 3.8) is 0 Å². The van der Waals surface area contributed by atoms with Gasteiger partial charge in [0, 0.05) is 5.56 Å². The van der Waals surface area contributed by atoms with Gasteiger partial charge in [0.25, 0.3) is 0 Å². The molecular formula is C13H17NO4S. The lowest BCUT2D eigenvalue weighted by atomic mass is 10.00. The maximum absolute atomic E-state index is 11.2. The van der Waals surface area contributed by atoms with Crippen LogP contribution in [-0.4, -0.2) is 33.9 Å². The number of benzene rings is 1. The third-order valence-electron chi connectivity index (χ3n) is 2.56. The van der Waals surface area contributed by atoms with E-state index >= 15 is 0 Å². The molecule has 2 unspecified atom stereocenters. The first-order valence-electron chi connectivity index (χ1n) is 5.87. The Morgan fingerprint density at radius 3 is 2.74 bits per heavy atom. The maximum Gasteiger partial charge on any atom is 0.308 e. The SMILES string of the molecule is CCOC(=O)CC(O)C(O)c1cccc(C(N)=S)c1. The number of carbonyl (C=O) groups excluding carboxylic acids is 1. The van der Waals surface area contributed by atoms with Crippen molar-refractivity contribution in [1.29, 1.82) is 0 Å². The van der Waals surface area contributed by atoms with Crippen molar-refractivity contribution in [2.75, 3.05) is 6.61 Å². The molecule has 0 spiro atoms. The topological polar surface area (TPSA) is 92.8 Å². The first kappa shape index (κ1) is 15.6. The van der Waals surface area contributed by atoms with Crippen molar-refractivity contribution in [2.24, 2.45) is 5.73 Å². The Balaban J connectivity index is 2.76. The fourth-order valence-corrected chi connectivity index (χ4v) is 1.73. The molecule has 0 amide bonds. The quantitative estimate of drug-likeness (QED) is 0.525. The predicted octanol–water partition coefficient (Wildman–Crippen LogP) is 0.668. The monoisotopic (exact) mass is 283 g/mol. The standard InChI is InChI=1S/C13H17NO4S/c1-2-18-11(16)7-10(15)12(17)8-4-3-5-9(6-8)13(14)19/h3-6,10,12,15,17H,2,7H2,1H3,(H2,14,19). The van der Waals surface area contributed by atoms with Gasteiger partial charge in [0.2, 0.25) is 0 Å². The van der Waals surface area contributed by atoms with Crippen LogP contribution in [0.25, 0.3) is 0 Å². The van der Waals surface area contributed by atoms with Crippen LogP contribution in [0.15, 0.2) is 24.3 Å². The lowest BCUT2D eigenvalue weighted by molar-refractivity contribution is -0.147. The Hall–Kier alpha value is -1.50. The van der Waals surface area contributed by atoms with Gasteiger partial charge in [-0.25, -0.2) is 0 Å². The number of esters is 1. The molecule has 0 aliphatic carbocycles. The lowest BCUT2D eigenvalue weighted by Crippen LogP contribution is -2.23. The van der Waals surface area contributed by atoms with E-state index in [9.17, 15) is 15.0 Å². The summed E-state index contributed by atoms with van der Waals surface area (Å²) in [7, 11) is 0. The molecule has 0 heterocycles. The second kappa shape index (κ2) is 7.18. The molecule has 1 aromatic carbocycles. The van der Waals surface area contributed by atoms with E-state index < -0.39 is 18.2 Å². The summed E-state index contributed by atoms with van der Waals surface area (Å²) in [5.74, 6) is -0.556. The second-order valence-corrected chi connectivity index (χ2v) is 4.45. The number of aliphatic hydroxyl groups excluding tert-OH is 2. The van der Waals surface area contributed by atoms with Gasteiger partial charge in [0.05, 0.1) is 19.1 Å². The molecule has 0 fully saturated rings. The molecule has 5 nitrogen and oxygen atoms in total. The van der Waals surface area contributed by atoms with Crippen LogP contribution in [-0.2, 0) is 9.53 Å². The zero-order valence-electron chi connectivity index (χ0n) is 10.6. The molecule has 2 atom stereocenters. The minimum atomic E-state index is -1.24. The highest BCUT2D eigenvalue weighted by Crippen LogP contribution is 2.20. The smallest absolute Gasteiger partial charge is 0.308 e. The number of ether oxygens (including phenoxy) is 1. The number of carbonyl (C=O) groups is 1. The fraction of sp³-hybridized carbons (Fsp3) is 0.385. The summed E-state index contributed by atoms with van der Waals surface area (Å²) in [4.78, 5) is 11.4. The summed E-state index contributed by atoms with van der Waals surface area (Å²) >= 11 is 4.84. The highest BCUT2D eigenvalue weighted by atomic mass is 32.1. The highest BCUT2D eigenvalue weighted by molar-refractivity contribution is 7.80. The molecule has 0 bridgehead atoms. The van der Waals surface area contributed by atoms with E-state index in [1.807, 2.05) is 0 Å². The van der Waals surface area contributed by atoms with Gasteiger partial charge in [0.15, 0.2) is 0 Å². The minimum Gasteiger partial charge on any atom is -0.466 e. The first-order chi connectivity index (χ1) is 8.95. The zero-order valence-corrected chi connectivity index (χ0v) is 11.4. The minimum absolute atomic E-state index is 0.203. The van der Waals surface area contributed by atoms with Crippen molar-refractivity contribution in [1.82, 2.24) is 0 Å². The number of rotatable bonds is 6. The van der Waals surface area contributed by atoms with Crippen LogP contribution in [0.2, 0.25) is 0 Å². The molecule has 0 aliphatic rings. The summed E-state index contributed by atoms with van der Waals surface area (Å²) in [5.41, 5.74) is 6.53. The predicted molar refractivity (Wildman–Crippen MR) is 74.5 cm³/mol. The average molecular weight is 283 g/mol. The van der Waals surface area contributed by atoms with Gasteiger partial charge in [0.1, 0.15) is 11.1 Å². The van der Waals surface area contributed by atoms with Gasteiger partial charge >= 0.3 is 5.97 Å². The fourth-order valence-electron chi connectivity index (χ4n) is 1.60. The number of thiocarbonyl (C=S) groups is 1. The van der Waals surface area contributed by atoms with Crippen LogP contribution in [0, 0.1) is 0 Å². The summed E-state index contributed by atoms with van der Waals surface area (Å²) in [6.07, 6.45) is -2.70. The Bertz CT molecular complexity index is 464. The van der Waals surface area contributed by atoms with Crippen molar-refractivity contribution < 1.29 is 19.7 Å². The molecule has 0 aliphatic heterocycles. The number of hydrogen-bond acceptors (Lipinski definition) is 5. The van der Waals surface area contributed by atoms with E-state index in [0.717, 1.165) is 0 Å². The molecule has 0 saturated heterocycles. The van der Waals surface area contributed by atoms with Crippen molar-refractivity contribution in [3.05, 3.63) is 35.4 Å². The first-order valence-corrected chi connectivity index (χ1v) is 6.28. The average Bonchev–Trinajstić information content (AvgIpc) is 2.38. The molecule has 6 heteroatoms. The molecule has 1 aromatic rings. The summed E-state index contributed by atoms with van der Waals surface area (Å²) in [5, 5.41) is 19.8. The number of nitrogens with two attached hydrogens (primary N) is 1. The Kier molecular flexibility index (Phi) is 5.88. The van der Waals surface area contributed by atoms with Crippen molar-refractivity contribution in [2.45, 2.75) is 25.6 Å². The normalized spacial score (nSPS) is 13.6. The second-order valence-electron chi connectivity index (χ2n) is 4.01. The van der Waals surface area contributed by atoms with Crippen LogP contribution in [0.4, 0.5) is 0 Å². The largest absolute Gasteiger partial charge is 0.466 e. The molecule has 0 radical (unpaired) electrons. The van der Waals surface area contributed by atoms with Crippen LogP contribution < -0.4 is 5.73 Å². The van der Waals surface area contributed by atoms with E-state index in [1.165, 1.54) is 0 Å². The van der Waals surface area contributed by atoms with Gasteiger partial charge in [-0.3, -0.25) is 4.79 Å². The van der Waals surface area contributed by atoms with Gasteiger partial charge < -0.3 is 20.7 Å². The van der Waals surface area contributed by atoms with Crippen LogP contribution in [0.3, 0.4) is 0 Å². The van der Waals surface area contributed by atoms with E-state index in [4.69, 9.17) is 22.7 Å². The van der Waals surface area contributed by atoms with Gasteiger partial charge in [-0.05, 0) is 18.6 Å². The third kappa shape index (κ3) is 4.59. The van der Waals surface area contributed by atoms with Crippen LogP contribution in [0.1, 0.15) is 30.6 Å². The molecule has 0 saturated carbocycles. The molecular weight excluding hydrogens is 266 g/mol. The zero-order chi connectivity index (χ0) is 14.4. The third-order valence-corrected chi connectivity index (χ3v) is 2.79. The molecule has 4 N–H and O–H groups in total. The van der Waals surface area contributed by atoms with E-state index in [0.29, 0.717) is 11.1 Å². The number of aliphatic hydroxyl groups is 2. The number of hydrogen-bond donors (Lipinski definition) is 3. The molecule has 1 rings (SSSR count). The summed E-state index contributed by atoms with van der Waals surface area (Å²) in [6, 6.07) is 6.59. The van der Waals surface area contributed by atoms with E-state index in [2.05, 4.69) is 0 Å². The van der Waals surface area contributed by atoms with Gasteiger partial charge in [-0.2, -0.15) is 0 Å². The summed E-state index contributed by atoms with van der Waals surface area (Å²) in [6.45, 7) is 1.91. The summed E-state index contributed by atoms with van der Waals surface area (Å²) < 4.78 is 4.71. The highest BCUT2D eigenvalue weighted by Gasteiger charge is 2.22. The van der Waals surface area contributed by atoms with Crippen molar-refractivity contribution >= 4 is 23.2 Å². The van der Waals surface area contributed by atoms with Gasteiger partial charge in [-0.1, -0.05) is 30.4 Å². The molecule has 0 aromatic heterocycles. The Morgan fingerprint density at radius 1 is 1.47 bits per heavy atom. The Labute approximate surface area is 117 Å². The van der Waals surface area contributed by atoms with Crippen LogP contribution >= 0.6 is 12.2 Å². The molecule has 104 valence electrons. The van der Waals surface area contributed by atoms with Crippen LogP contribution in [0.5, 0.6) is 0 Å². The Morgan fingerprint density at radius 2 is 2.16 bits per heavy atom. The lowest BCUT2D eigenvalue weighted by Gasteiger charge is -2.18. The molecule has 19 heavy (non-hydrogen) atoms. The van der Waals surface area contributed by atoms with E-state index in [1.54, 1.807) is 31.2 Å². The van der Waals surface area contributed by atoms with Crippen molar-refractivity contribution in [3.8, 4) is 0 Å². The maximum atomic E-state index is 11.2. The van der Waals surface area contributed by atoms with E-state index in [-0.39, 0.29) is 18.0 Å². The van der Waals surface area contributed by atoms with Gasteiger partial charge in [-0.15, -0.1) is 0 Å².